The van der Waals surface area contributed by atoms with Gasteiger partial charge in [0.05, 0.1) is 7.11 Å². The second-order valence-electron chi connectivity index (χ2n) is 5.96. The second-order valence-corrected chi connectivity index (χ2v) is 6.40. The van der Waals surface area contributed by atoms with E-state index < -0.39 is 23.7 Å². The summed E-state index contributed by atoms with van der Waals surface area (Å²) in [5.41, 5.74) is 0.238. The zero-order valence-electron chi connectivity index (χ0n) is 13.6. The summed E-state index contributed by atoms with van der Waals surface area (Å²) in [4.78, 5) is 25.4. The fraction of sp³-hybridized carbons (Fsp3) is 0.500. The first-order valence-electron chi connectivity index (χ1n) is 6.92. The minimum absolute atomic E-state index is 0.319. The molecule has 0 radical (unpaired) electrons. The Morgan fingerprint density at radius 3 is 2.23 bits per heavy atom. The largest absolute Gasteiger partial charge is 0.467 e. The number of carbonyl (C=O) groups excluding carboxylic acids is 2. The van der Waals surface area contributed by atoms with Gasteiger partial charge in [-0.25, -0.2) is 9.59 Å². The van der Waals surface area contributed by atoms with Crippen molar-refractivity contribution in [2.75, 3.05) is 14.2 Å². The molecule has 122 valence electrons. The SMILES string of the molecule is COC(=O)[C@H](Cc1ccc(Cl)cc1)N(C)C(=O)OC(C)(C)C. The highest BCUT2D eigenvalue weighted by Crippen LogP contribution is 2.16. The summed E-state index contributed by atoms with van der Waals surface area (Å²) in [6.45, 7) is 5.31. The highest BCUT2D eigenvalue weighted by atomic mass is 35.5. The molecular weight excluding hydrogens is 306 g/mol. The fourth-order valence-electron chi connectivity index (χ4n) is 1.82. The summed E-state index contributed by atoms with van der Waals surface area (Å²) in [5.74, 6) is -0.497. The molecule has 0 unspecified atom stereocenters. The van der Waals surface area contributed by atoms with Crippen LogP contribution in [0.4, 0.5) is 4.79 Å². The highest BCUT2D eigenvalue weighted by molar-refractivity contribution is 6.30. The van der Waals surface area contributed by atoms with Gasteiger partial charge in [0.1, 0.15) is 11.6 Å². The molecule has 0 aliphatic rings. The smallest absolute Gasteiger partial charge is 0.410 e. The summed E-state index contributed by atoms with van der Waals surface area (Å²) in [7, 11) is 2.81. The Kier molecular flexibility index (Phi) is 6.23. The number of ether oxygens (including phenoxy) is 2. The van der Waals surface area contributed by atoms with Gasteiger partial charge in [-0.3, -0.25) is 4.90 Å². The molecule has 0 bridgehead atoms. The van der Waals surface area contributed by atoms with Crippen LogP contribution in [0.1, 0.15) is 26.3 Å². The quantitative estimate of drug-likeness (QED) is 0.796. The molecule has 0 heterocycles. The normalized spacial score (nSPS) is 12.5. The lowest BCUT2D eigenvalue weighted by Gasteiger charge is -2.29. The van der Waals surface area contributed by atoms with Crippen LogP contribution in [0.3, 0.4) is 0 Å². The van der Waals surface area contributed by atoms with Gasteiger partial charge in [0.25, 0.3) is 0 Å². The summed E-state index contributed by atoms with van der Waals surface area (Å²) in [5, 5.41) is 0.610. The van der Waals surface area contributed by atoms with Crippen LogP contribution < -0.4 is 0 Å². The van der Waals surface area contributed by atoms with E-state index in [2.05, 4.69) is 0 Å². The van der Waals surface area contributed by atoms with Crippen LogP contribution >= 0.6 is 11.6 Å². The molecule has 5 nitrogen and oxygen atoms in total. The second kappa shape index (κ2) is 7.49. The molecule has 0 fully saturated rings. The first-order valence-corrected chi connectivity index (χ1v) is 7.30. The maximum atomic E-state index is 12.1. The van der Waals surface area contributed by atoms with Gasteiger partial charge in [-0.05, 0) is 38.5 Å². The number of methoxy groups -OCH3 is 1. The number of nitrogens with zero attached hydrogens (tertiary/aromatic N) is 1. The Morgan fingerprint density at radius 2 is 1.77 bits per heavy atom. The van der Waals surface area contributed by atoms with Crippen LogP contribution in [-0.4, -0.2) is 42.8 Å². The Balaban J connectivity index is 2.90. The first kappa shape index (κ1) is 18.3. The number of carbonyl (C=O) groups is 2. The monoisotopic (exact) mass is 327 g/mol. The van der Waals surface area contributed by atoms with Crippen LogP contribution in [0.25, 0.3) is 0 Å². The number of esters is 1. The van der Waals surface area contributed by atoms with Gasteiger partial charge in [-0.2, -0.15) is 0 Å². The highest BCUT2D eigenvalue weighted by Gasteiger charge is 2.31. The van der Waals surface area contributed by atoms with Crippen molar-refractivity contribution in [2.24, 2.45) is 0 Å². The zero-order chi connectivity index (χ0) is 16.9. The number of benzene rings is 1. The van der Waals surface area contributed by atoms with Gasteiger partial charge in [0.15, 0.2) is 0 Å². The molecule has 0 saturated heterocycles. The van der Waals surface area contributed by atoms with Crippen molar-refractivity contribution < 1.29 is 19.1 Å². The van der Waals surface area contributed by atoms with E-state index in [1.165, 1.54) is 19.1 Å². The summed E-state index contributed by atoms with van der Waals surface area (Å²) >= 11 is 5.85. The van der Waals surface area contributed by atoms with E-state index in [0.717, 1.165) is 5.56 Å². The predicted molar refractivity (Wildman–Crippen MR) is 85.0 cm³/mol. The topological polar surface area (TPSA) is 55.8 Å². The molecule has 0 aliphatic heterocycles. The number of amides is 1. The molecule has 0 saturated carbocycles. The number of halogens is 1. The van der Waals surface area contributed by atoms with E-state index in [1.807, 2.05) is 0 Å². The lowest BCUT2D eigenvalue weighted by atomic mass is 10.1. The number of hydrogen-bond acceptors (Lipinski definition) is 4. The molecule has 1 rings (SSSR count). The van der Waals surface area contributed by atoms with Crippen molar-refractivity contribution in [3.63, 3.8) is 0 Å². The van der Waals surface area contributed by atoms with Crippen LogP contribution in [0.15, 0.2) is 24.3 Å². The Morgan fingerprint density at radius 1 is 1.23 bits per heavy atom. The summed E-state index contributed by atoms with van der Waals surface area (Å²) in [6, 6.07) is 6.32. The molecule has 0 aliphatic carbocycles. The van der Waals surface area contributed by atoms with E-state index in [4.69, 9.17) is 21.1 Å². The van der Waals surface area contributed by atoms with Crippen molar-refractivity contribution >= 4 is 23.7 Å². The third kappa shape index (κ3) is 5.56. The van der Waals surface area contributed by atoms with Gasteiger partial charge in [-0.1, -0.05) is 23.7 Å². The van der Waals surface area contributed by atoms with Crippen LogP contribution in [-0.2, 0) is 20.7 Å². The van der Waals surface area contributed by atoms with Gasteiger partial charge >= 0.3 is 12.1 Å². The van der Waals surface area contributed by atoms with E-state index in [-0.39, 0.29) is 0 Å². The van der Waals surface area contributed by atoms with Crippen molar-refractivity contribution in [1.29, 1.82) is 0 Å². The fourth-order valence-corrected chi connectivity index (χ4v) is 1.95. The standard InChI is InChI=1S/C16H22ClNO4/c1-16(2,3)22-15(20)18(4)13(14(19)21-5)10-11-6-8-12(17)9-7-11/h6-9,13H,10H2,1-5H3/t13-/m0/s1. The van der Waals surface area contributed by atoms with E-state index >= 15 is 0 Å². The molecule has 1 amide bonds. The molecule has 0 aromatic heterocycles. The maximum Gasteiger partial charge on any atom is 0.410 e. The van der Waals surface area contributed by atoms with Crippen molar-refractivity contribution in [1.82, 2.24) is 4.90 Å². The lowest BCUT2D eigenvalue weighted by Crippen LogP contribution is -2.46. The third-order valence-corrected chi connectivity index (χ3v) is 3.22. The van der Waals surface area contributed by atoms with E-state index in [1.54, 1.807) is 45.0 Å². The predicted octanol–water partition coefficient (Wildman–Crippen LogP) is 3.29. The Bertz CT molecular complexity index is 522. The number of likely N-dealkylation sites (N-methyl/N-ethyl adjacent to an activating group) is 1. The Hall–Kier alpha value is -1.75. The molecule has 0 spiro atoms. The number of hydrogen-bond donors (Lipinski definition) is 0. The van der Waals surface area contributed by atoms with Crippen molar-refractivity contribution in [3.05, 3.63) is 34.9 Å². The van der Waals surface area contributed by atoms with Gasteiger partial charge in [0, 0.05) is 18.5 Å². The molecule has 0 N–H and O–H groups in total. The number of rotatable bonds is 4. The van der Waals surface area contributed by atoms with Crippen molar-refractivity contribution in [3.8, 4) is 0 Å². The average Bonchev–Trinajstić information content (AvgIpc) is 2.43. The molecular formula is C16H22ClNO4. The van der Waals surface area contributed by atoms with Gasteiger partial charge in [-0.15, -0.1) is 0 Å². The van der Waals surface area contributed by atoms with E-state index in [9.17, 15) is 9.59 Å². The first-order chi connectivity index (χ1) is 10.1. The molecule has 1 aromatic carbocycles. The zero-order valence-corrected chi connectivity index (χ0v) is 14.3. The van der Waals surface area contributed by atoms with Crippen molar-refractivity contribution in [2.45, 2.75) is 38.8 Å². The van der Waals surface area contributed by atoms with E-state index in [0.29, 0.717) is 11.4 Å². The Labute approximate surface area is 136 Å². The summed E-state index contributed by atoms with van der Waals surface area (Å²) < 4.78 is 10.1. The third-order valence-electron chi connectivity index (χ3n) is 2.96. The molecule has 6 heteroatoms. The summed E-state index contributed by atoms with van der Waals surface area (Å²) in [6.07, 6.45) is -0.253. The molecule has 1 atom stereocenters. The van der Waals surface area contributed by atoms with Crippen LogP contribution in [0.2, 0.25) is 5.02 Å². The van der Waals surface area contributed by atoms with Crippen LogP contribution in [0, 0.1) is 0 Å². The maximum absolute atomic E-state index is 12.1. The molecule has 22 heavy (non-hydrogen) atoms. The lowest BCUT2D eigenvalue weighted by molar-refractivity contribution is -0.146. The van der Waals surface area contributed by atoms with Crippen LogP contribution in [0.5, 0.6) is 0 Å². The van der Waals surface area contributed by atoms with Gasteiger partial charge in [0.2, 0.25) is 0 Å². The minimum atomic E-state index is -0.763. The average molecular weight is 328 g/mol. The minimum Gasteiger partial charge on any atom is -0.467 e. The molecule has 1 aromatic rings. The van der Waals surface area contributed by atoms with Gasteiger partial charge < -0.3 is 9.47 Å².